The Morgan fingerprint density at radius 1 is 0.818 bits per heavy atom. The first-order valence-corrected chi connectivity index (χ1v) is 10.6. The Kier molecular flexibility index (Phi) is 9.68. The van der Waals surface area contributed by atoms with Crippen LogP contribution < -0.4 is 9.47 Å². The van der Waals surface area contributed by atoms with Gasteiger partial charge in [0.05, 0.1) is 14.2 Å². The molecule has 0 saturated carbocycles. The van der Waals surface area contributed by atoms with Crippen LogP contribution in [0.3, 0.4) is 0 Å². The van der Waals surface area contributed by atoms with Gasteiger partial charge >= 0.3 is 11.9 Å². The number of carbonyl (C=O) groups is 3. The van der Waals surface area contributed by atoms with Crippen LogP contribution in [-0.4, -0.2) is 78.3 Å². The molecule has 0 aliphatic carbocycles. The van der Waals surface area contributed by atoms with Gasteiger partial charge in [0.15, 0.2) is 11.5 Å². The topological polar surface area (TPSA) is 117 Å². The summed E-state index contributed by atoms with van der Waals surface area (Å²) < 4.78 is 10.6. The Morgan fingerprint density at radius 3 is 1.85 bits per heavy atom. The molecule has 0 spiro atoms. The number of aryl methyl sites for hydroxylation is 1. The molecule has 1 fully saturated rings. The molecule has 178 valence electrons. The zero-order chi connectivity index (χ0) is 24.4. The lowest BCUT2D eigenvalue weighted by molar-refractivity contribution is -0.159. The van der Waals surface area contributed by atoms with Crippen molar-refractivity contribution in [2.45, 2.75) is 19.9 Å². The maximum absolute atomic E-state index is 12.8. The normalized spacial score (nSPS) is 13.5. The molecule has 0 unspecified atom stereocenters. The number of ether oxygens (including phenoxy) is 2. The van der Waals surface area contributed by atoms with Crippen LogP contribution in [-0.2, 0) is 22.6 Å². The summed E-state index contributed by atoms with van der Waals surface area (Å²) in [6, 6.07) is 14.1. The van der Waals surface area contributed by atoms with E-state index >= 15 is 0 Å². The molecule has 1 aliphatic heterocycles. The van der Waals surface area contributed by atoms with Crippen LogP contribution in [0.4, 0.5) is 0 Å². The molecular weight excluding hydrogens is 428 g/mol. The fourth-order valence-electron chi connectivity index (χ4n) is 3.40. The summed E-state index contributed by atoms with van der Waals surface area (Å²) in [6.45, 7) is 6.34. The predicted molar refractivity (Wildman–Crippen MR) is 122 cm³/mol. The fraction of sp³-hybridized carbons (Fsp3) is 0.375. The lowest BCUT2D eigenvalue weighted by Crippen LogP contribution is -2.48. The second-order valence-electron chi connectivity index (χ2n) is 7.42. The summed E-state index contributed by atoms with van der Waals surface area (Å²) in [5.74, 6) is -2.39. The summed E-state index contributed by atoms with van der Waals surface area (Å²) in [4.78, 5) is 35.3. The number of methoxy groups -OCH3 is 2. The van der Waals surface area contributed by atoms with Crippen molar-refractivity contribution in [1.82, 2.24) is 9.80 Å². The van der Waals surface area contributed by atoms with Gasteiger partial charge in [-0.25, -0.2) is 9.59 Å². The molecule has 1 amide bonds. The first-order valence-electron chi connectivity index (χ1n) is 10.6. The molecule has 0 atom stereocenters. The Balaban J connectivity index is 0.000000569. The number of carboxylic acid groups (broad SMARTS) is 2. The number of aliphatic carboxylic acids is 2. The number of carbonyl (C=O) groups excluding carboxylic acids is 1. The number of rotatable bonds is 6. The smallest absolute Gasteiger partial charge is 0.414 e. The molecule has 2 aromatic carbocycles. The van der Waals surface area contributed by atoms with Gasteiger partial charge in [-0.1, -0.05) is 31.2 Å². The molecule has 9 nitrogen and oxygen atoms in total. The Hall–Kier alpha value is -3.59. The quantitative estimate of drug-likeness (QED) is 0.634. The van der Waals surface area contributed by atoms with Crippen LogP contribution in [0.15, 0.2) is 42.5 Å². The van der Waals surface area contributed by atoms with Gasteiger partial charge in [0, 0.05) is 38.3 Å². The molecule has 0 bridgehead atoms. The third-order valence-electron chi connectivity index (χ3n) is 5.31. The summed E-state index contributed by atoms with van der Waals surface area (Å²) in [5, 5.41) is 14.8. The van der Waals surface area contributed by atoms with Crippen LogP contribution in [0, 0.1) is 0 Å². The van der Waals surface area contributed by atoms with Crippen LogP contribution in [0.5, 0.6) is 11.5 Å². The third kappa shape index (κ3) is 7.50. The van der Waals surface area contributed by atoms with E-state index in [1.54, 1.807) is 32.4 Å². The van der Waals surface area contributed by atoms with E-state index in [0.717, 1.165) is 39.1 Å². The number of carboxylic acids is 2. The molecule has 0 radical (unpaired) electrons. The van der Waals surface area contributed by atoms with Gasteiger partial charge in [0.25, 0.3) is 5.91 Å². The molecule has 0 aromatic heterocycles. The van der Waals surface area contributed by atoms with E-state index < -0.39 is 11.9 Å². The highest BCUT2D eigenvalue weighted by Crippen LogP contribution is 2.28. The minimum absolute atomic E-state index is 0.0444. The highest BCUT2D eigenvalue weighted by molar-refractivity contribution is 6.27. The molecule has 3 rings (SSSR count). The fourth-order valence-corrected chi connectivity index (χ4v) is 3.40. The Labute approximate surface area is 193 Å². The number of nitrogens with zero attached hydrogens (tertiary/aromatic N) is 2. The molecule has 1 saturated heterocycles. The van der Waals surface area contributed by atoms with Crippen molar-refractivity contribution in [3.63, 3.8) is 0 Å². The van der Waals surface area contributed by atoms with Crippen molar-refractivity contribution in [3.05, 3.63) is 59.2 Å². The maximum atomic E-state index is 12.8. The summed E-state index contributed by atoms with van der Waals surface area (Å²) in [7, 11) is 3.17. The van der Waals surface area contributed by atoms with E-state index in [1.807, 2.05) is 4.90 Å². The Bertz CT molecular complexity index is 940. The Morgan fingerprint density at radius 2 is 1.36 bits per heavy atom. The first-order chi connectivity index (χ1) is 15.8. The summed E-state index contributed by atoms with van der Waals surface area (Å²) in [6.07, 6.45) is 1.07. The highest BCUT2D eigenvalue weighted by atomic mass is 16.5. The molecule has 2 N–H and O–H groups in total. The average molecular weight is 459 g/mol. The van der Waals surface area contributed by atoms with Gasteiger partial charge in [-0.3, -0.25) is 9.69 Å². The zero-order valence-corrected chi connectivity index (χ0v) is 19.1. The molecule has 33 heavy (non-hydrogen) atoms. The van der Waals surface area contributed by atoms with Gasteiger partial charge in [-0.05, 0) is 35.7 Å². The molecule has 1 heterocycles. The van der Waals surface area contributed by atoms with E-state index in [0.29, 0.717) is 17.1 Å². The van der Waals surface area contributed by atoms with Crippen LogP contribution >= 0.6 is 0 Å². The van der Waals surface area contributed by atoms with Crippen molar-refractivity contribution < 1.29 is 34.1 Å². The molecule has 1 aliphatic rings. The number of piperazine rings is 1. The van der Waals surface area contributed by atoms with Gasteiger partial charge in [0.1, 0.15) is 0 Å². The van der Waals surface area contributed by atoms with Gasteiger partial charge in [-0.2, -0.15) is 0 Å². The average Bonchev–Trinajstić information content (AvgIpc) is 2.84. The van der Waals surface area contributed by atoms with E-state index in [9.17, 15) is 4.79 Å². The third-order valence-corrected chi connectivity index (χ3v) is 5.31. The number of hydrogen-bond acceptors (Lipinski definition) is 6. The van der Waals surface area contributed by atoms with Crippen molar-refractivity contribution in [1.29, 1.82) is 0 Å². The zero-order valence-electron chi connectivity index (χ0n) is 19.1. The van der Waals surface area contributed by atoms with Gasteiger partial charge in [0.2, 0.25) is 0 Å². The van der Waals surface area contributed by atoms with Crippen molar-refractivity contribution >= 4 is 17.8 Å². The van der Waals surface area contributed by atoms with Crippen LogP contribution in [0.25, 0.3) is 0 Å². The van der Waals surface area contributed by atoms with Crippen LogP contribution in [0.2, 0.25) is 0 Å². The second kappa shape index (κ2) is 12.4. The van der Waals surface area contributed by atoms with E-state index in [2.05, 4.69) is 36.1 Å². The standard InChI is InChI=1S/C22H28N2O3.C2H2O4/c1-4-17-5-7-18(8-6-17)16-23-11-13-24(14-12-23)22(25)19-9-10-20(26-2)21(15-19)27-3;3-1(4)2(5)6/h5-10,15H,4,11-14,16H2,1-3H3;(H,3,4)(H,5,6). The minimum atomic E-state index is -1.82. The van der Waals surface area contributed by atoms with Gasteiger partial charge in [-0.15, -0.1) is 0 Å². The van der Waals surface area contributed by atoms with E-state index in [-0.39, 0.29) is 5.91 Å². The van der Waals surface area contributed by atoms with Crippen molar-refractivity contribution in [3.8, 4) is 11.5 Å². The highest BCUT2D eigenvalue weighted by Gasteiger charge is 2.23. The molecule has 9 heteroatoms. The first kappa shape index (κ1) is 25.7. The van der Waals surface area contributed by atoms with Crippen molar-refractivity contribution in [2.75, 3.05) is 40.4 Å². The monoisotopic (exact) mass is 458 g/mol. The van der Waals surface area contributed by atoms with E-state index in [1.165, 1.54) is 11.1 Å². The van der Waals surface area contributed by atoms with Crippen LogP contribution in [0.1, 0.15) is 28.4 Å². The number of hydrogen-bond donors (Lipinski definition) is 2. The predicted octanol–water partition coefficient (Wildman–Crippen LogP) is 2.38. The SMILES string of the molecule is CCc1ccc(CN2CCN(C(=O)c3ccc(OC)c(OC)c3)CC2)cc1.O=C(O)C(=O)O. The van der Waals surface area contributed by atoms with Gasteiger partial charge < -0.3 is 24.6 Å². The lowest BCUT2D eigenvalue weighted by Gasteiger charge is -2.35. The molecular formula is C24H30N2O7. The van der Waals surface area contributed by atoms with E-state index in [4.69, 9.17) is 29.3 Å². The maximum Gasteiger partial charge on any atom is 0.414 e. The summed E-state index contributed by atoms with van der Waals surface area (Å²) >= 11 is 0. The number of benzene rings is 2. The largest absolute Gasteiger partial charge is 0.493 e. The van der Waals surface area contributed by atoms with Crippen molar-refractivity contribution in [2.24, 2.45) is 0 Å². The number of amides is 1. The minimum Gasteiger partial charge on any atom is -0.493 e. The summed E-state index contributed by atoms with van der Waals surface area (Å²) in [5.41, 5.74) is 3.33. The molecule has 2 aromatic rings. The lowest BCUT2D eigenvalue weighted by atomic mass is 10.1. The second-order valence-corrected chi connectivity index (χ2v) is 7.42.